The molecular weight excluding hydrogens is 332 g/mol. The Hall–Kier alpha value is -1.20. The van der Waals surface area contributed by atoms with E-state index in [-0.39, 0.29) is 0 Å². The van der Waals surface area contributed by atoms with Crippen LogP contribution in [-0.2, 0) is 19.5 Å². The van der Waals surface area contributed by atoms with E-state index in [1.165, 1.54) is 0 Å². The molecule has 0 spiro atoms. The molecule has 1 aromatic carbocycles. The lowest BCUT2D eigenvalue weighted by Crippen LogP contribution is -2.01. The number of hydrogen-bond acceptors (Lipinski definition) is 3. The number of benzene rings is 1. The van der Waals surface area contributed by atoms with Crippen LogP contribution in [-0.4, -0.2) is 16.9 Å². The summed E-state index contributed by atoms with van der Waals surface area (Å²) in [5.74, 6) is 1.73. The first-order valence-corrected chi connectivity index (χ1v) is 7.00. The normalized spacial score (nSPS) is 10.5. The fourth-order valence-corrected chi connectivity index (χ4v) is 2.43. The van der Waals surface area contributed by atoms with E-state index in [0.29, 0.717) is 24.0 Å². The number of hydrogen-bond donors (Lipinski definition) is 0. The summed E-state index contributed by atoms with van der Waals surface area (Å²) in [6.07, 6.45) is 1.88. The third-order valence-electron chi connectivity index (χ3n) is 2.58. The van der Waals surface area contributed by atoms with Gasteiger partial charge in [-0.1, -0.05) is 0 Å². The molecule has 0 radical (unpaired) electrons. The second-order valence-electron chi connectivity index (χ2n) is 4.01. The molecule has 0 fully saturated rings. The van der Waals surface area contributed by atoms with Crippen molar-refractivity contribution in [3.63, 3.8) is 0 Å². The van der Waals surface area contributed by atoms with Gasteiger partial charge < -0.3 is 9.47 Å². The standard InChI is InChI=1S/C13H14BrClN2O2/c1-17-4-3-10(16-17)8-19-13-11(14)5-9(7-15)6-12(13)18-2/h3-6H,7-8H2,1-2H3. The number of ether oxygens (including phenoxy) is 2. The minimum Gasteiger partial charge on any atom is -0.493 e. The maximum atomic E-state index is 5.83. The average Bonchev–Trinajstić information content (AvgIpc) is 2.82. The van der Waals surface area contributed by atoms with Crippen molar-refractivity contribution >= 4 is 27.5 Å². The number of halogens is 2. The highest BCUT2D eigenvalue weighted by atomic mass is 79.9. The van der Waals surface area contributed by atoms with Gasteiger partial charge in [0, 0.05) is 19.1 Å². The van der Waals surface area contributed by atoms with E-state index in [1.807, 2.05) is 31.4 Å². The monoisotopic (exact) mass is 344 g/mol. The highest BCUT2D eigenvalue weighted by Gasteiger charge is 2.12. The van der Waals surface area contributed by atoms with Gasteiger partial charge in [-0.05, 0) is 39.7 Å². The molecule has 1 heterocycles. The van der Waals surface area contributed by atoms with Crippen LogP contribution < -0.4 is 9.47 Å². The fraction of sp³-hybridized carbons (Fsp3) is 0.308. The van der Waals surface area contributed by atoms with Crippen LogP contribution in [0.3, 0.4) is 0 Å². The summed E-state index contributed by atoms with van der Waals surface area (Å²) in [6, 6.07) is 5.70. The van der Waals surface area contributed by atoms with Crippen molar-refractivity contribution in [2.24, 2.45) is 7.05 Å². The van der Waals surface area contributed by atoms with Crippen LogP contribution in [0.4, 0.5) is 0 Å². The molecule has 2 rings (SSSR count). The van der Waals surface area contributed by atoms with Crippen LogP contribution in [0.2, 0.25) is 0 Å². The van der Waals surface area contributed by atoms with Gasteiger partial charge in [-0.15, -0.1) is 11.6 Å². The van der Waals surface area contributed by atoms with E-state index in [1.54, 1.807) is 11.8 Å². The van der Waals surface area contributed by atoms with Gasteiger partial charge in [-0.2, -0.15) is 5.10 Å². The van der Waals surface area contributed by atoms with Crippen LogP contribution in [0, 0.1) is 0 Å². The van der Waals surface area contributed by atoms with Crippen LogP contribution in [0.1, 0.15) is 11.3 Å². The SMILES string of the molecule is COc1cc(CCl)cc(Br)c1OCc1ccn(C)n1. The summed E-state index contributed by atoms with van der Waals surface area (Å²) in [5, 5.41) is 4.26. The summed E-state index contributed by atoms with van der Waals surface area (Å²) >= 11 is 9.30. The summed E-state index contributed by atoms with van der Waals surface area (Å²) in [7, 11) is 3.47. The minimum atomic E-state index is 0.385. The number of nitrogens with zero attached hydrogens (tertiary/aromatic N) is 2. The van der Waals surface area contributed by atoms with Crippen molar-refractivity contribution < 1.29 is 9.47 Å². The third-order valence-corrected chi connectivity index (χ3v) is 3.47. The Kier molecular flexibility index (Phi) is 4.71. The van der Waals surface area contributed by atoms with E-state index in [9.17, 15) is 0 Å². The predicted octanol–water partition coefficient (Wildman–Crippen LogP) is 3.51. The number of aromatic nitrogens is 2. The first-order chi connectivity index (χ1) is 9.13. The van der Waals surface area contributed by atoms with Gasteiger partial charge in [0.15, 0.2) is 11.5 Å². The van der Waals surface area contributed by atoms with Gasteiger partial charge in [-0.3, -0.25) is 4.68 Å². The van der Waals surface area contributed by atoms with E-state index in [4.69, 9.17) is 21.1 Å². The first-order valence-electron chi connectivity index (χ1n) is 5.67. The van der Waals surface area contributed by atoms with Gasteiger partial charge in [-0.25, -0.2) is 0 Å². The van der Waals surface area contributed by atoms with E-state index in [2.05, 4.69) is 21.0 Å². The maximum absolute atomic E-state index is 5.83. The summed E-state index contributed by atoms with van der Waals surface area (Å²) < 4.78 is 13.6. The number of rotatable bonds is 5. The molecule has 2 aromatic rings. The number of aryl methyl sites for hydroxylation is 1. The molecule has 6 heteroatoms. The Morgan fingerprint density at radius 1 is 1.42 bits per heavy atom. The second kappa shape index (κ2) is 6.30. The van der Waals surface area contributed by atoms with Gasteiger partial charge >= 0.3 is 0 Å². The van der Waals surface area contributed by atoms with Crippen LogP contribution in [0.25, 0.3) is 0 Å². The van der Waals surface area contributed by atoms with Crippen molar-refractivity contribution in [1.82, 2.24) is 9.78 Å². The summed E-state index contributed by atoms with van der Waals surface area (Å²) in [4.78, 5) is 0. The maximum Gasteiger partial charge on any atom is 0.175 e. The average molecular weight is 346 g/mol. The lowest BCUT2D eigenvalue weighted by Gasteiger charge is -2.13. The van der Waals surface area contributed by atoms with Crippen LogP contribution >= 0.6 is 27.5 Å². The Morgan fingerprint density at radius 3 is 2.79 bits per heavy atom. The molecular formula is C13H14BrClN2O2. The smallest absolute Gasteiger partial charge is 0.175 e. The minimum absolute atomic E-state index is 0.385. The quantitative estimate of drug-likeness (QED) is 0.778. The van der Waals surface area contributed by atoms with Gasteiger partial charge in [0.1, 0.15) is 6.61 Å². The molecule has 0 atom stereocenters. The molecule has 0 N–H and O–H groups in total. The zero-order valence-corrected chi connectivity index (χ0v) is 13.0. The van der Waals surface area contributed by atoms with E-state index in [0.717, 1.165) is 15.7 Å². The van der Waals surface area contributed by atoms with Crippen LogP contribution in [0.5, 0.6) is 11.5 Å². The van der Waals surface area contributed by atoms with Gasteiger partial charge in [0.05, 0.1) is 17.3 Å². The Bertz CT molecular complexity index is 572. The number of methoxy groups -OCH3 is 1. The molecule has 0 unspecified atom stereocenters. The van der Waals surface area contributed by atoms with Crippen LogP contribution in [0.15, 0.2) is 28.9 Å². The lowest BCUT2D eigenvalue weighted by molar-refractivity contribution is 0.277. The third kappa shape index (κ3) is 3.42. The van der Waals surface area contributed by atoms with Crippen molar-refractivity contribution in [2.45, 2.75) is 12.5 Å². The van der Waals surface area contributed by atoms with E-state index < -0.39 is 0 Å². The number of alkyl halides is 1. The second-order valence-corrected chi connectivity index (χ2v) is 5.13. The van der Waals surface area contributed by atoms with E-state index >= 15 is 0 Å². The van der Waals surface area contributed by atoms with Crippen molar-refractivity contribution in [3.05, 3.63) is 40.1 Å². The molecule has 4 nitrogen and oxygen atoms in total. The fourth-order valence-electron chi connectivity index (χ4n) is 1.68. The molecule has 19 heavy (non-hydrogen) atoms. The molecule has 1 aromatic heterocycles. The predicted molar refractivity (Wildman–Crippen MR) is 77.8 cm³/mol. The molecule has 0 saturated heterocycles. The Labute approximate surface area is 125 Å². The van der Waals surface area contributed by atoms with Crippen molar-refractivity contribution in [2.75, 3.05) is 7.11 Å². The van der Waals surface area contributed by atoms with Crippen molar-refractivity contribution in [1.29, 1.82) is 0 Å². The molecule has 0 bridgehead atoms. The molecule has 0 aliphatic heterocycles. The molecule has 102 valence electrons. The van der Waals surface area contributed by atoms with Gasteiger partial charge in [0.25, 0.3) is 0 Å². The zero-order valence-electron chi connectivity index (χ0n) is 10.7. The van der Waals surface area contributed by atoms with Crippen molar-refractivity contribution in [3.8, 4) is 11.5 Å². The molecule has 0 aliphatic rings. The Morgan fingerprint density at radius 2 is 2.21 bits per heavy atom. The Balaban J connectivity index is 2.19. The molecule has 0 amide bonds. The molecule has 0 aliphatic carbocycles. The lowest BCUT2D eigenvalue weighted by atomic mass is 10.2. The largest absolute Gasteiger partial charge is 0.493 e. The summed E-state index contributed by atoms with van der Waals surface area (Å²) in [5.41, 5.74) is 1.83. The summed E-state index contributed by atoms with van der Waals surface area (Å²) in [6.45, 7) is 0.385. The molecule has 0 saturated carbocycles. The first kappa shape index (κ1) is 14.2. The highest BCUT2D eigenvalue weighted by Crippen LogP contribution is 2.37. The topological polar surface area (TPSA) is 36.3 Å². The zero-order chi connectivity index (χ0) is 13.8. The highest BCUT2D eigenvalue weighted by molar-refractivity contribution is 9.10. The van der Waals surface area contributed by atoms with Gasteiger partial charge in [0.2, 0.25) is 0 Å².